The maximum Gasteiger partial charge on any atom is 0.408 e. The number of hydrogen-bond acceptors (Lipinski definition) is 4. The molecule has 7 heteroatoms. The molecule has 0 bridgehead atoms. The van der Waals surface area contributed by atoms with Gasteiger partial charge in [0.1, 0.15) is 18.2 Å². The summed E-state index contributed by atoms with van der Waals surface area (Å²) < 4.78 is 5.18. The topological polar surface area (TPSA) is 87.7 Å². The number of anilines is 1. The molecule has 0 radical (unpaired) electrons. The lowest BCUT2D eigenvalue weighted by Gasteiger charge is -2.28. The largest absolute Gasteiger partial charge is 0.444 e. The number of carbonyl (C=O) groups excluding carboxylic acids is 3. The van der Waals surface area contributed by atoms with Crippen molar-refractivity contribution in [3.8, 4) is 12.5 Å². The number of benzene rings is 2. The van der Waals surface area contributed by atoms with Crippen molar-refractivity contribution in [2.75, 3.05) is 11.9 Å². The molecule has 0 fully saturated rings. The molecule has 0 aliphatic heterocycles. The Morgan fingerprint density at radius 2 is 1.56 bits per heavy atom. The molecule has 0 heterocycles. The molecule has 180 valence electrons. The predicted molar refractivity (Wildman–Crippen MR) is 133 cm³/mol. The van der Waals surface area contributed by atoms with Gasteiger partial charge in [-0.3, -0.25) is 14.5 Å². The fourth-order valence-corrected chi connectivity index (χ4v) is 3.51. The van der Waals surface area contributed by atoms with Gasteiger partial charge >= 0.3 is 6.09 Å². The van der Waals surface area contributed by atoms with Gasteiger partial charge in [-0.2, -0.15) is 0 Å². The van der Waals surface area contributed by atoms with Crippen LogP contribution >= 0.6 is 0 Å². The highest BCUT2D eigenvalue weighted by Crippen LogP contribution is 2.29. The summed E-state index contributed by atoms with van der Waals surface area (Å²) in [4.78, 5) is 39.7. The summed E-state index contributed by atoms with van der Waals surface area (Å²) in [5.74, 6) is -1.06. The van der Waals surface area contributed by atoms with Gasteiger partial charge in [-0.1, -0.05) is 42.8 Å². The molecule has 7 nitrogen and oxygen atoms in total. The quantitative estimate of drug-likeness (QED) is 0.486. The minimum atomic E-state index is -1.10. The Balaban J connectivity index is 2.41. The zero-order chi connectivity index (χ0) is 25.6. The maximum absolute atomic E-state index is 13.6. The monoisotopic (exact) mass is 463 g/mol. The molecule has 3 amide bonds. The second kappa shape index (κ2) is 10.9. The Hall–Kier alpha value is -3.79. The van der Waals surface area contributed by atoms with Gasteiger partial charge < -0.3 is 15.4 Å². The summed E-state index contributed by atoms with van der Waals surface area (Å²) in [6, 6.07) is 12.4. The molecule has 0 spiro atoms. The Labute approximate surface area is 201 Å². The highest BCUT2D eigenvalue weighted by Gasteiger charge is 2.33. The third kappa shape index (κ3) is 6.61. The van der Waals surface area contributed by atoms with Crippen LogP contribution in [-0.4, -0.2) is 35.0 Å². The fraction of sp³-hybridized carbons (Fsp3) is 0.370. The lowest BCUT2D eigenvalue weighted by atomic mass is 9.95. The summed E-state index contributed by atoms with van der Waals surface area (Å²) in [6.45, 7) is 12.3. The second-order valence-electron chi connectivity index (χ2n) is 9.20. The van der Waals surface area contributed by atoms with Crippen LogP contribution in [0.1, 0.15) is 54.6 Å². The molecule has 1 unspecified atom stereocenters. The highest BCUT2D eigenvalue weighted by atomic mass is 16.6. The van der Waals surface area contributed by atoms with Crippen molar-refractivity contribution in [1.82, 2.24) is 10.2 Å². The second-order valence-corrected chi connectivity index (χ2v) is 9.20. The third-order valence-electron chi connectivity index (χ3n) is 5.37. The minimum Gasteiger partial charge on any atom is -0.444 e. The molecular weight excluding hydrogens is 430 g/mol. The molecule has 2 aromatic rings. The molecular formula is C27H33N3O4. The van der Waals surface area contributed by atoms with E-state index in [0.29, 0.717) is 11.3 Å². The predicted octanol–water partition coefficient (Wildman–Crippen LogP) is 4.54. The number of rotatable bonds is 6. The highest BCUT2D eigenvalue weighted by molar-refractivity contribution is 6.00. The summed E-state index contributed by atoms with van der Waals surface area (Å²) in [7, 11) is 0. The zero-order valence-corrected chi connectivity index (χ0v) is 20.9. The number of aryl methyl sites for hydroxylation is 3. The van der Waals surface area contributed by atoms with Crippen LogP contribution in [0, 0.1) is 40.2 Å². The molecule has 2 rings (SSSR count). The standard InChI is InChI=1S/C27H33N3O4/c1-9-30(22(31)16-28-26(33)34-27(6,7)8)24(21-15-11-12-17(2)20(21)5)25(32)29-23-18(3)13-10-14-19(23)4/h1,10-15,24H,16H2,2-8H3,(H,28,33)(H,29,32). The van der Waals surface area contributed by atoms with Gasteiger partial charge in [-0.05, 0) is 76.3 Å². The van der Waals surface area contributed by atoms with Gasteiger partial charge in [0.05, 0.1) is 0 Å². The summed E-state index contributed by atoms with van der Waals surface area (Å²) in [5, 5.41) is 5.36. The van der Waals surface area contributed by atoms with Crippen LogP contribution in [0.5, 0.6) is 0 Å². The van der Waals surface area contributed by atoms with Crippen molar-refractivity contribution in [1.29, 1.82) is 0 Å². The van der Waals surface area contributed by atoms with Gasteiger partial charge in [0.25, 0.3) is 11.8 Å². The molecule has 0 aliphatic carbocycles. The van der Waals surface area contributed by atoms with E-state index in [4.69, 9.17) is 11.2 Å². The van der Waals surface area contributed by atoms with Crippen LogP contribution in [0.4, 0.5) is 10.5 Å². The van der Waals surface area contributed by atoms with Crippen molar-refractivity contribution >= 4 is 23.6 Å². The van der Waals surface area contributed by atoms with E-state index in [1.165, 1.54) is 0 Å². The molecule has 0 saturated heterocycles. The van der Waals surface area contributed by atoms with Crippen LogP contribution in [-0.2, 0) is 14.3 Å². The number of para-hydroxylation sites is 1. The van der Waals surface area contributed by atoms with Crippen LogP contribution in [0.25, 0.3) is 0 Å². The Kier molecular flexibility index (Phi) is 8.47. The van der Waals surface area contributed by atoms with Gasteiger partial charge in [-0.25, -0.2) is 4.79 Å². The minimum absolute atomic E-state index is 0.419. The van der Waals surface area contributed by atoms with Crippen molar-refractivity contribution in [3.05, 3.63) is 64.2 Å². The molecule has 0 aromatic heterocycles. The van der Waals surface area contributed by atoms with Crippen molar-refractivity contribution < 1.29 is 19.1 Å². The summed E-state index contributed by atoms with van der Waals surface area (Å²) >= 11 is 0. The lowest BCUT2D eigenvalue weighted by Crippen LogP contribution is -2.44. The van der Waals surface area contributed by atoms with E-state index >= 15 is 0 Å². The first-order valence-corrected chi connectivity index (χ1v) is 11.0. The van der Waals surface area contributed by atoms with Crippen molar-refractivity contribution in [2.45, 2.75) is 60.1 Å². The molecule has 0 aliphatic rings. The number of terminal acetylenes is 1. The number of amides is 3. The smallest absolute Gasteiger partial charge is 0.408 e. The van der Waals surface area contributed by atoms with E-state index in [0.717, 1.165) is 27.2 Å². The molecule has 2 N–H and O–H groups in total. The van der Waals surface area contributed by atoms with Crippen LogP contribution in [0.3, 0.4) is 0 Å². The SMILES string of the molecule is C#CN(C(=O)CNC(=O)OC(C)(C)C)C(C(=O)Nc1c(C)cccc1C)c1cccc(C)c1C. The molecule has 0 saturated carbocycles. The van der Waals surface area contributed by atoms with Crippen LogP contribution in [0.15, 0.2) is 36.4 Å². The van der Waals surface area contributed by atoms with E-state index in [2.05, 4.69) is 16.7 Å². The van der Waals surface area contributed by atoms with Crippen molar-refractivity contribution in [2.24, 2.45) is 0 Å². The van der Waals surface area contributed by atoms with Gasteiger partial charge in [0.2, 0.25) is 0 Å². The fourth-order valence-electron chi connectivity index (χ4n) is 3.51. The van der Waals surface area contributed by atoms with Gasteiger partial charge in [0, 0.05) is 11.7 Å². The van der Waals surface area contributed by atoms with Crippen LogP contribution in [0.2, 0.25) is 0 Å². The first-order chi connectivity index (χ1) is 15.9. The van der Waals surface area contributed by atoms with Crippen LogP contribution < -0.4 is 10.6 Å². The van der Waals surface area contributed by atoms with E-state index in [9.17, 15) is 14.4 Å². The molecule has 2 aromatic carbocycles. The number of ether oxygens (including phenoxy) is 1. The zero-order valence-electron chi connectivity index (χ0n) is 20.9. The molecule has 34 heavy (non-hydrogen) atoms. The summed E-state index contributed by atoms with van der Waals surface area (Å²) in [6.07, 6.45) is 4.98. The summed E-state index contributed by atoms with van der Waals surface area (Å²) in [5.41, 5.74) is 4.13. The molecule has 1 atom stereocenters. The third-order valence-corrected chi connectivity index (χ3v) is 5.37. The Morgan fingerprint density at radius 3 is 2.12 bits per heavy atom. The number of carbonyl (C=O) groups is 3. The number of nitrogens with zero attached hydrogens (tertiary/aromatic N) is 1. The average Bonchev–Trinajstić information content (AvgIpc) is 2.74. The lowest BCUT2D eigenvalue weighted by molar-refractivity contribution is -0.134. The van der Waals surface area contributed by atoms with Crippen molar-refractivity contribution in [3.63, 3.8) is 0 Å². The average molecular weight is 464 g/mol. The first kappa shape index (κ1) is 26.5. The van der Waals surface area contributed by atoms with Gasteiger partial charge in [0.15, 0.2) is 0 Å². The normalized spacial score (nSPS) is 11.7. The Morgan fingerprint density at radius 1 is 1.00 bits per heavy atom. The van der Waals surface area contributed by atoms with E-state index in [1.54, 1.807) is 26.8 Å². The van der Waals surface area contributed by atoms with E-state index in [1.807, 2.05) is 58.0 Å². The van der Waals surface area contributed by atoms with E-state index in [-0.39, 0.29) is 0 Å². The van der Waals surface area contributed by atoms with Gasteiger partial charge in [-0.15, -0.1) is 0 Å². The Bertz CT molecular complexity index is 1110. The number of nitrogens with one attached hydrogen (secondary N) is 2. The number of alkyl carbamates (subject to hydrolysis) is 1. The maximum atomic E-state index is 13.6. The van der Waals surface area contributed by atoms with E-state index < -0.39 is 36.1 Å². The first-order valence-electron chi connectivity index (χ1n) is 11.0. The number of hydrogen-bond donors (Lipinski definition) is 2.